The summed E-state index contributed by atoms with van der Waals surface area (Å²) in [5, 5.41) is 12.5. The third kappa shape index (κ3) is 5.19. The number of rotatable bonds is 6. The highest BCUT2D eigenvalue weighted by Gasteiger charge is 2.52. The van der Waals surface area contributed by atoms with Gasteiger partial charge in [-0.15, -0.1) is 0 Å². The van der Waals surface area contributed by atoms with E-state index in [1.807, 2.05) is 6.07 Å². The molecule has 3 atom stereocenters. The van der Waals surface area contributed by atoms with Crippen LogP contribution in [0.15, 0.2) is 83.3 Å². The van der Waals surface area contributed by atoms with Crippen molar-refractivity contribution in [2.45, 2.75) is 31.0 Å². The third-order valence-corrected chi connectivity index (χ3v) is 7.55. The first-order valence-corrected chi connectivity index (χ1v) is 13.1. The minimum atomic E-state index is -0.948. The molecule has 9 heteroatoms. The van der Waals surface area contributed by atoms with Gasteiger partial charge >= 0.3 is 0 Å². The molecule has 2 aliphatic rings. The molecule has 2 aliphatic heterocycles. The van der Waals surface area contributed by atoms with E-state index in [1.54, 1.807) is 65.6 Å². The lowest BCUT2D eigenvalue weighted by atomic mass is 10.0. The van der Waals surface area contributed by atoms with Crippen LogP contribution in [0, 0.1) is 0 Å². The van der Waals surface area contributed by atoms with Crippen LogP contribution in [0.5, 0.6) is 5.75 Å². The molecular formula is C29H26BrN3O5. The zero-order chi connectivity index (χ0) is 26.8. The summed E-state index contributed by atoms with van der Waals surface area (Å²) in [7, 11) is 0. The number of halogens is 1. The number of phenols is 1. The van der Waals surface area contributed by atoms with Gasteiger partial charge in [-0.2, -0.15) is 0 Å². The molecule has 0 bridgehead atoms. The normalized spacial score (nSPS) is 19.2. The second kappa shape index (κ2) is 10.8. The molecule has 0 aromatic heterocycles. The fraction of sp³-hybridized carbons (Fsp3) is 0.241. The van der Waals surface area contributed by atoms with E-state index < -0.39 is 24.0 Å². The van der Waals surface area contributed by atoms with Crippen LogP contribution in [-0.4, -0.2) is 69.6 Å². The number of aromatic hydroxyl groups is 1. The van der Waals surface area contributed by atoms with E-state index in [-0.39, 0.29) is 36.3 Å². The van der Waals surface area contributed by atoms with Crippen LogP contribution in [0.4, 0.5) is 0 Å². The Morgan fingerprint density at radius 2 is 1.66 bits per heavy atom. The van der Waals surface area contributed by atoms with Gasteiger partial charge in [-0.3, -0.25) is 19.2 Å². The molecule has 8 nitrogen and oxygen atoms in total. The predicted molar refractivity (Wildman–Crippen MR) is 144 cm³/mol. The van der Waals surface area contributed by atoms with Crippen LogP contribution in [0.3, 0.4) is 0 Å². The second-order valence-electron chi connectivity index (χ2n) is 9.50. The number of nitrogens with zero attached hydrogens (tertiary/aromatic N) is 2. The van der Waals surface area contributed by atoms with Crippen molar-refractivity contribution in [2.24, 2.45) is 0 Å². The van der Waals surface area contributed by atoms with Crippen molar-refractivity contribution in [3.05, 3.63) is 100 Å². The summed E-state index contributed by atoms with van der Waals surface area (Å²) in [6.45, 7) is 0.247. The molecule has 3 aromatic carbocycles. The van der Waals surface area contributed by atoms with E-state index in [2.05, 4.69) is 21.2 Å². The van der Waals surface area contributed by atoms with Gasteiger partial charge in [0.1, 0.15) is 17.8 Å². The summed E-state index contributed by atoms with van der Waals surface area (Å²) in [6, 6.07) is 20.0. The van der Waals surface area contributed by atoms with E-state index >= 15 is 0 Å². The number of phenolic OH excluding ortho intramolecular Hbond substituents is 1. The summed E-state index contributed by atoms with van der Waals surface area (Å²) in [5.41, 5.74) is 1.63. The molecule has 2 saturated heterocycles. The average Bonchev–Trinajstić information content (AvgIpc) is 3.50. The van der Waals surface area contributed by atoms with E-state index in [9.17, 15) is 24.3 Å². The molecule has 2 heterocycles. The van der Waals surface area contributed by atoms with Gasteiger partial charge in [0.2, 0.25) is 5.91 Å². The summed E-state index contributed by atoms with van der Waals surface area (Å²) < 4.78 is 0.730. The maximum Gasteiger partial charge on any atom is 0.254 e. The lowest BCUT2D eigenvalue weighted by Crippen LogP contribution is -2.53. The highest BCUT2D eigenvalue weighted by atomic mass is 79.9. The number of Topliss-reactive ketones (excluding diaryl/α,β-unsaturated/α-hetero) is 1. The first-order valence-electron chi connectivity index (χ1n) is 12.4. The number of benzene rings is 3. The molecule has 3 aromatic rings. The lowest BCUT2D eigenvalue weighted by molar-refractivity contribution is -0.138. The topological polar surface area (TPSA) is 107 Å². The maximum atomic E-state index is 13.9. The Labute approximate surface area is 228 Å². The monoisotopic (exact) mass is 575 g/mol. The Morgan fingerprint density at radius 3 is 2.37 bits per heavy atom. The number of hydrogen-bond acceptors (Lipinski definition) is 5. The number of carbonyl (C=O) groups excluding carboxylic acids is 4. The standard InChI is InChI=1S/C29H26BrN3O5/c30-21-8-4-7-20(16-21)27(36)31-23(15-18-9-11-22(34)12-10-18)29(38)32-14-13-24-26(32)25(35)17-33(24)28(37)19-5-2-1-3-6-19/h1-12,16,23-24,26,34H,13-15,17H2,(H,31,36)/t23-,24?,26?/m0/s1. The number of likely N-dealkylation sites (tertiary alicyclic amines) is 2. The largest absolute Gasteiger partial charge is 0.508 e. The van der Waals surface area contributed by atoms with Crippen molar-refractivity contribution < 1.29 is 24.3 Å². The van der Waals surface area contributed by atoms with E-state index in [0.717, 1.165) is 10.0 Å². The fourth-order valence-corrected chi connectivity index (χ4v) is 5.62. The van der Waals surface area contributed by atoms with Crippen LogP contribution in [-0.2, 0) is 16.0 Å². The Morgan fingerprint density at radius 1 is 0.947 bits per heavy atom. The SMILES string of the molecule is O=C(N[C@@H](Cc1ccc(O)cc1)C(=O)N1CCC2C1C(=O)CN2C(=O)c1ccccc1)c1cccc(Br)c1. The van der Waals surface area contributed by atoms with Crippen molar-refractivity contribution in [3.8, 4) is 5.75 Å². The van der Waals surface area contributed by atoms with Crippen LogP contribution in [0.25, 0.3) is 0 Å². The number of amides is 3. The zero-order valence-electron chi connectivity index (χ0n) is 20.4. The third-order valence-electron chi connectivity index (χ3n) is 7.05. The minimum Gasteiger partial charge on any atom is -0.508 e. The van der Waals surface area contributed by atoms with Crippen LogP contribution in [0.2, 0.25) is 0 Å². The molecule has 2 unspecified atom stereocenters. The van der Waals surface area contributed by atoms with Gasteiger partial charge in [-0.1, -0.05) is 52.3 Å². The van der Waals surface area contributed by atoms with Crippen LogP contribution in [0.1, 0.15) is 32.7 Å². The number of fused-ring (bicyclic) bond motifs is 1. The first-order chi connectivity index (χ1) is 18.3. The molecule has 0 aliphatic carbocycles. The van der Waals surface area contributed by atoms with Crippen LogP contribution < -0.4 is 5.32 Å². The number of nitrogens with one attached hydrogen (secondary N) is 1. The molecule has 194 valence electrons. The second-order valence-corrected chi connectivity index (χ2v) is 10.4. The van der Waals surface area contributed by atoms with E-state index in [0.29, 0.717) is 24.1 Å². The van der Waals surface area contributed by atoms with Gasteiger partial charge < -0.3 is 20.2 Å². The zero-order valence-corrected chi connectivity index (χ0v) is 22.0. The van der Waals surface area contributed by atoms with E-state index in [1.165, 1.54) is 17.0 Å². The highest BCUT2D eigenvalue weighted by Crippen LogP contribution is 2.31. The Balaban J connectivity index is 1.38. The molecular weight excluding hydrogens is 550 g/mol. The van der Waals surface area contributed by atoms with Gasteiger partial charge in [0.05, 0.1) is 12.6 Å². The van der Waals surface area contributed by atoms with Crippen molar-refractivity contribution in [1.29, 1.82) is 0 Å². The molecule has 3 amide bonds. The molecule has 0 spiro atoms. The number of hydrogen-bond donors (Lipinski definition) is 2. The quantitative estimate of drug-likeness (QED) is 0.469. The highest BCUT2D eigenvalue weighted by molar-refractivity contribution is 9.10. The Kier molecular flexibility index (Phi) is 7.28. The van der Waals surface area contributed by atoms with E-state index in [4.69, 9.17) is 0 Å². The molecule has 0 saturated carbocycles. The molecule has 38 heavy (non-hydrogen) atoms. The Hall–Kier alpha value is -3.98. The first kappa shape index (κ1) is 25.7. The van der Waals surface area contributed by atoms with Crippen molar-refractivity contribution >= 4 is 39.4 Å². The maximum absolute atomic E-state index is 13.9. The van der Waals surface area contributed by atoms with Gasteiger partial charge in [-0.05, 0) is 54.4 Å². The molecule has 2 fully saturated rings. The van der Waals surface area contributed by atoms with Gasteiger partial charge in [-0.25, -0.2) is 0 Å². The molecule has 0 radical (unpaired) electrons. The van der Waals surface area contributed by atoms with Crippen molar-refractivity contribution in [3.63, 3.8) is 0 Å². The van der Waals surface area contributed by atoms with Crippen molar-refractivity contribution in [1.82, 2.24) is 15.1 Å². The molecule has 2 N–H and O–H groups in total. The van der Waals surface area contributed by atoms with Crippen molar-refractivity contribution in [2.75, 3.05) is 13.1 Å². The molecule has 5 rings (SSSR count). The average molecular weight is 576 g/mol. The van der Waals surface area contributed by atoms with Gasteiger partial charge in [0.25, 0.3) is 11.8 Å². The summed E-state index contributed by atoms with van der Waals surface area (Å²) in [5.74, 6) is -1.12. The number of carbonyl (C=O) groups is 4. The summed E-state index contributed by atoms with van der Waals surface area (Å²) >= 11 is 3.36. The number of ketones is 1. The summed E-state index contributed by atoms with van der Waals surface area (Å²) in [4.78, 5) is 56.3. The fourth-order valence-electron chi connectivity index (χ4n) is 5.22. The van der Waals surface area contributed by atoms with Gasteiger partial charge in [0, 0.05) is 28.6 Å². The minimum absolute atomic E-state index is 0.0557. The Bertz CT molecular complexity index is 1380. The smallest absolute Gasteiger partial charge is 0.254 e. The van der Waals surface area contributed by atoms with Crippen LogP contribution >= 0.6 is 15.9 Å². The lowest BCUT2D eigenvalue weighted by Gasteiger charge is -2.28. The predicted octanol–water partition coefficient (Wildman–Crippen LogP) is 3.19. The summed E-state index contributed by atoms with van der Waals surface area (Å²) in [6.07, 6.45) is 0.653. The van der Waals surface area contributed by atoms with Gasteiger partial charge in [0.15, 0.2) is 5.78 Å².